The number of phosphoric ester groups is 2. The van der Waals surface area contributed by atoms with Gasteiger partial charge in [0, 0.05) is 25.7 Å². The van der Waals surface area contributed by atoms with Gasteiger partial charge in [0.1, 0.15) is 19.3 Å². The molecule has 0 amide bonds. The Balaban J connectivity index is 5.23. The van der Waals surface area contributed by atoms with Crippen LogP contribution in [-0.2, 0) is 65.4 Å². The van der Waals surface area contributed by atoms with Crippen LogP contribution in [0.15, 0.2) is 0 Å². The third-order valence-electron chi connectivity index (χ3n) is 17.9. The third-order valence-corrected chi connectivity index (χ3v) is 19.8. The van der Waals surface area contributed by atoms with Gasteiger partial charge in [-0.2, -0.15) is 0 Å². The number of hydrogen-bond acceptors (Lipinski definition) is 15. The number of carbonyl (C=O) groups is 4. The number of esters is 4. The number of unbranched alkanes of at least 4 members (excludes halogenated alkanes) is 43. The molecule has 19 heteroatoms. The molecular weight excluding hydrogens is 1260 g/mol. The summed E-state index contributed by atoms with van der Waals surface area (Å²) in [5.74, 6) is 0.114. The van der Waals surface area contributed by atoms with Crippen LogP contribution in [0.3, 0.4) is 0 Å². The first-order valence-electron chi connectivity index (χ1n) is 39.8. The van der Waals surface area contributed by atoms with E-state index in [9.17, 15) is 43.2 Å². The second-order valence-corrected chi connectivity index (χ2v) is 32.1. The van der Waals surface area contributed by atoms with Crippen LogP contribution in [0.25, 0.3) is 0 Å². The maximum absolute atomic E-state index is 13.1. The van der Waals surface area contributed by atoms with Gasteiger partial charge in [-0.05, 0) is 43.4 Å². The van der Waals surface area contributed by atoms with Crippen molar-refractivity contribution in [3.05, 3.63) is 0 Å². The maximum Gasteiger partial charge on any atom is 0.472 e. The molecule has 0 saturated heterocycles. The fraction of sp³-hybridized carbons (Fsp3) is 0.948. The van der Waals surface area contributed by atoms with Gasteiger partial charge in [-0.1, -0.05) is 344 Å². The van der Waals surface area contributed by atoms with E-state index in [4.69, 9.17) is 37.0 Å². The Kier molecular flexibility index (Phi) is 66.2. The van der Waals surface area contributed by atoms with E-state index in [0.717, 1.165) is 108 Å². The summed E-state index contributed by atoms with van der Waals surface area (Å²) >= 11 is 0. The van der Waals surface area contributed by atoms with Crippen molar-refractivity contribution in [2.75, 3.05) is 39.6 Å². The van der Waals surface area contributed by atoms with Gasteiger partial charge in [0.05, 0.1) is 26.4 Å². The number of ether oxygens (including phenoxy) is 4. The van der Waals surface area contributed by atoms with E-state index in [1.165, 1.54) is 199 Å². The normalized spacial score (nSPS) is 14.1. The van der Waals surface area contributed by atoms with Gasteiger partial charge >= 0.3 is 39.5 Å². The van der Waals surface area contributed by atoms with Crippen molar-refractivity contribution in [2.24, 2.45) is 17.8 Å². The Morgan fingerprint density at radius 1 is 0.281 bits per heavy atom. The minimum Gasteiger partial charge on any atom is -0.462 e. The van der Waals surface area contributed by atoms with E-state index in [1.54, 1.807) is 0 Å². The molecule has 0 heterocycles. The van der Waals surface area contributed by atoms with E-state index in [-0.39, 0.29) is 25.7 Å². The van der Waals surface area contributed by atoms with Crippen molar-refractivity contribution in [2.45, 2.75) is 414 Å². The SMILES string of the molecule is CCCCCCCCCCCCCCCCCCC(=O)OC[C@H](COP(=O)(O)OC[C@@H](O)COP(=O)(O)OC[C@@H](COC(=O)CCCCCCCCCC(C)C)OC(=O)CCCCCCCCCCC(C)C)OC(=O)CCCCCCCCCCCCCCCCCCC(C)C. The van der Waals surface area contributed by atoms with E-state index in [0.29, 0.717) is 31.6 Å². The quantitative estimate of drug-likeness (QED) is 0.0222. The van der Waals surface area contributed by atoms with E-state index in [1.807, 2.05) is 0 Å². The maximum atomic E-state index is 13.1. The molecule has 0 aliphatic rings. The van der Waals surface area contributed by atoms with Crippen molar-refractivity contribution >= 4 is 39.5 Å². The molecule has 0 aliphatic carbocycles. The highest BCUT2D eigenvalue weighted by molar-refractivity contribution is 7.47. The van der Waals surface area contributed by atoms with Gasteiger partial charge in [0.15, 0.2) is 12.2 Å². The first-order chi connectivity index (χ1) is 46.2. The van der Waals surface area contributed by atoms with Crippen molar-refractivity contribution in [3.63, 3.8) is 0 Å². The molecule has 0 aromatic rings. The summed E-state index contributed by atoms with van der Waals surface area (Å²) in [6.07, 6.45) is 54.3. The molecule has 0 aromatic carbocycles. The second-order valence-electron chi connectivity index (χ2n) is 29.2. The van der Waals surface area contributed by atoms with Crippen molar-refractivity contribution in [1.29, 1.82) is 0 Å². The van der Waals surface area contributed by atoms with Crippen LogP contribution < -0.4 is 0 Å². The van der Waals surface area contributed by atoms with Gasteiger partial charge in [-0.3, -0.25) is 37.3 Å². The predicted molar refractivity (Wildman–Crippen MR) is 391 cm³/mol. The van der Waals surface area contributed by atoms with Crippen molar-refractivity contribution < 1.29 is 80.2 Å². The molecule has 96 heavy (non-hydrogen) atoms. The molecule has 0 radical (unpaired) electrons. The number of aliphatic hydroxyl groups is 1. The van der Waals surface area contributed by atoms with Crippen LogP contribution >= 0.6 is 15.6 Å². The molecule has 570 valence electrons. The topological polar surface area (TPSA) is 237 Å². The fourth-order valence-electron chi connectivity index (χ4n) is 11.8. The van der Waals surface area contributed by atoms with Crippen LogP contribution in [-0.4, -0.2) is 96.7 Å². The summed E-state index contributed by atoms with van der Waals surface area (Å²) in [4.78, 5) is 72.8. The lowest BCUT2D eigenvalue weighted by Crippen LogP contribution is -2.30. The number of rotatable bonds is 75. The third kappa shape index (κ3) is 70.5. The van der Waals surface area contributed by atoms with Gasteiger partial charge in [-0.15, -0.1) is 0 Å². The minimum atomic E-state index is -4.96. The van der Waals surface area contributed by atoms with Crippen molar-refractivity contribution in [1.82, 2.24) is 0 Å². The summed E-state index contributed by atoms with van der Waals surface area (Å²) in [6.45, 7) is 11.8. The average molecular weight is 1410 g/mol. The predicted octanol–water partition coefficient (Wildman–Crippen LogP) is 22.6. The smallest absolute Gasteiger partial charge is 0.462 e. The van der Waals surface area contributed by atoms with Crippen LogP contribution in [0.1, 0.15) is 395 Å². The zero-order chi connectivity index (χ0) is 70.9. The number of carbonyl (C=O) groups excluding carboxylic acids is 4. The molecule has 3 N–H and O–H groups in total. The summed E-state index contributed by atoms with van der Waals surface area (Å²) < 4.78 is 68.5. The van der Waals surface area contributed by atoms with Gasteiger partial charge in [0.2, 0.25) is 0 Å². The monoisotopic (exact) mass is 1410 g/mol. The molecule has 0 aliphatic heterocycles. The molecule has 5 atom stereocenters. The molecule has 0 bridgehead atoms. The molecule has 0 aromatic heterocycles. The van der Waals surface area contributed by atoms with Crippen LogP contribution in [0.4, 0.5) is 0 Å². The Morgan fingerprint density at radius 2 is 0.479 bits per heavy atom. The highest BCUT2D eigenvalue weighted by Crippen LogP contribution is 2.45. The lowest BCUT2D eigenvalue weighted by atomic mass is 10.0. The van der Waals surface area contributed by atoms with Gasteiger partial charge < -0.3 is 33.8 Å². The molecular formula is C77H150O17P2. The standard InChI is InChI=1S/C77H150O17P2/c1-8-9-10-11-12-13-14-15-16-20-23-26-29-37-44-51-58-74(79)87-64-72(93-76(81)60-53-46-38-30-27-24-21-18-17-19-22-25-28-34-41-48-55-68(2)3)66-91-95(83,84)89-62-71(78)63-90-96(85,86)92-67-73(65-88-75(80)59-52-45-40-33-36-43-50-57-70(6)7)94-77(82)61-54-47-39-32-31-35-42-49-56-69(4)5/h68-73,78H,8-67H2,1-7H3,(H,83,84)(H,85,86)/t71-,72-,73-/m1/s1. The van der Waals surface area contributed by atoms with E-state index >= 15 is 0 Å². The largest absolute Gasteiger partial charge is 0.472 e. The lowest BCUT2D eigenvalue weighted by Gasteiger charge is -2.21. The highest BCUT2D eigenvalue weighted by Gasteiger charge is 2.30. The minimum absolute atomic E-state index is 0.104. The fourth-order valence-corrected chi connectivity index (χ4v) is 13.4. The van der Waals surface area contributed by atoms with E-state index < -0.39 is 97.5 Å². The summed E-state index contributed by atoms with van der Waals surface area (Å²) in [5, 5.41) is 10.6. The van der Waals surface area contributed by atoms with Crippen LogP contribution in [0, 0.1) is 17.8 Å². The number of phosphoric acid groups is 2. The average Bonchev–Trinajstić information content (AvgIpc) is 1.06. The number of aliphatic hydroxyl groups excluding tert-OH is 1. The Hall–Kier alpha value is -1.94. The summed E-state index contributed by atoms with van der Waals surface area (Å²) in [5.41, 5.74) is 0. The molecule has 0 saturated carbocycles. The van der Waals surface area contributed by atoms with Gasteiger partial charge in [-0.25, -0.2) is 9.13 Å². The molecule has 0 spiro atoms. The lowest BCUT2D eigenvalue weighted by molar-refractivity contribution is -0.161. The first-order valence-corrected chi connectivity index (χ1v) is 42.8. The second kappa shape index (κ2) is 67.5. The number of hydrogen-bond donors (Lipinski definition) is 3. The Labute approximate surface area is 588 Å². The molecule has 2 unspecified atom stereocenters. The van der Waals surface area contributed by atoms with Crippen LogP contribution in [0.2, 0.25) is 0 Å². The van der Waals surface area contributed by atoms with Crippen LogP contribution in [0.5, 0.6) is 0 Å². The molecule has 17 nitrogen and oxygen atoms in total. The summed E-state index contributed by atoms with van der Waals surface area (Å²) in [7, 11) is -9.91. The first kappa shape index (κ1) is 94.1. The Bertz CT molecular complexity index is 1870. The Morgan fingerprint density at radius 3 is 0.708 bits per heavy atom. The molecule has 0 rings (SSSR count). The molecule has 0 fully saturated rings. The van der Waals surface area contributed by atoms with Crippen molar-refractivity contribution in [3.8, 4) is 0 Å². The zero-order valence-electron chi connectivity index (χ0n) is 62.8. The highest BCUT2D eigenvalue weighted by atomic mass is 31.2. The van der Waals surface area contributed by atoms with Gasteiger partial charge in [0.25, 0.3) is 0 Å². The zero-order valence-corrected chi connectivity index (χ0v) is 64.6. The van der Waals surface area contributed by atoms with E-state index in [2.05, 4.69) is 48.5 Å². The summed E-state index contributed by atoms with van der Waals surface area (Å²) in [6, 6.07) is 0.